The van der Waals surface area contributed by atoms with Crippen molar-refractivity contribution in [3.05, 3.63) is 100 Å². The van der Waals surface area contributed by atoms with Crippen molar-refractivity contribution >= 4 is 23.1 Å². The summed E-state index contributed by atoms with van der Waals surface area (Å²) in [6.45, 7) is 2.00. The van der Waals surface area contributed by atoms with Crippen molar-refractivity contribution in [1.29, 1.82) is 0 Å². The minimum atomic E-state index is -0.808. The highest BCUT2D eigenvalue weighted by molar-refractivity contribution is 6.30. The zero-order chi connectivity index (χ0) is 20.0. The predicted molar refractivity (Wildman–Crippen MR) is 114 cm³/mol. The van der Waals surface area contributed by atoms with Crippen LogP contribution in [-0.2, 0) is 0 Å². The van der Waals surface area contributed by atoms with Gasteiger partial charge in [-0.2, -0.15) is 5.10 Å². The molecule has 29 heavy (non-hydrogen) atoms. The number of hydrazone groups is 1. The number of ether oxygens (including phenoxy) is 1. The van der Waals surface area contributed by atoms with E-state index in [1.54, 1.807) is 11.1 Å². The van der Waals surface area contributed by atoms with Crippen LogP contribution in [0.5, 0.6) is 5.75 Å². The first-order valence-corrected chi connectivity index (χ1v) is 9.96. The van der Waals surface area contributed by atoms with Gasteiger partial charge in [0.2, 0.25) is 5.78 Å². The van der Waals surface area contributed by atoms with Gasteiger partial charge in [-0.05, 0) is 30.7 Å². The first-order chi connectivity index (χ1) is 14.1. The second-order valence-electron chi connectivity index (χ2n) is 7.40. The maximum Gasteiger partial charge on any atom is 0.251 e. The summed E-state index contributed by atoms with van der Waals surface area (Å²) in [5, 5.41) is 7.25. The monoisotopic (exact) mass is 402 g/mol. The minimum absolute atomic E-state index is 0.0907. The molecule has 5 heteroatoms. The van der Waals surface area contributed by atoms with Crippen LogP contribution in [0, 0.1) is 6.92 Å². The lowest BCUT2D eigenvalue weighted by molar-refractivity contribution is -0.00455. The van der Waals surface area contributed by atoms with E-state index in [4.69, 9.17) is 21.4 Å². The second kappa shape index (κ2) is 7.05. The van der Waals surface area contributed by atoms with Gasteiger partial charge in [0.05, 0.1) is 11.8 Å². The molecule has 0 N–H and O–H groups in total. The number of aryl methyl sites for hydroxylation is 1. The number of fused-ring (bicyclic) bond motifs is 3. The van der Waals surface area contributed by atoms with Crippen LogP contribution in [-0.4, -0.2) is 22.7 Å². The van der Waals surface area contributed by atoms with Gasteiger partial charge in [-0.1, -0.05) is 71.8 Å². The quantitative estimate of drug-likeness (QED) is 0.551. The fraction of sp³-hybridized carbons (Fsp3) is 0.167. The number of nitrogens with zero attached hydrogens (tertiary/aromatic N) is 2. The van der Waals surface area contributed by atoms with Gasteiger partial charge in [0, 0.05) is 22.6 Å². The van der Waals surface area contributed by atoms with Crippen molar-refractivity contribution in [3.63, 3.8) is 0 Å². The molecular formula is C24H19ClN2O2. The average molecular weight is 403 g/mol. The third-order valence-electron chi connectivity index (χ3n) is 5.42. The number of hydrogen-bond acceptors (Lipinski definition) is 4. The summed E-state index contributed by atoms with van der Waals surface area (Å²) in [4.78, 5) is 13.3. The smallest absolute Gasteiger partial charge is 0.251 e. The summed E-state index contributed by atoms with van der Waals surface area (Å²) in [7, 11) is 0. The molecule has 0 fully saturated rings. The van der Waals surface area contributed by atoms with Crippen LogP contribution >= 0.6 is 11.6 Å². The van der Waals surface area contributed by atoms with E-state index in [0.717, 1.165) is 22.4 Å². The third-order valence-corrected chi connectivity index (χ3v) is 5.65. The Kier molecular flexibility index (Phi) is 4.36. The summed E-state index contributed by atoms with van der Waals surface area (Å²) >= 11 is 6.25. The van der Waals surface area contributed by atoms with Crippen molar-refractivity contribution in [2.24, 2.45) is 5.10 Å². The molecule has 2 heterocycles. The highest BCUT2D eigenvalue weighted by atomic mass is 35.5. The van der Waals surface area contributed by atoms with Crippen molar-refractivity contribution in [2.75, 3.05) is 0 Å². The normalized spacial score (nSPS) is 19.8. The molecule has 2 atom stereocenters. The van der Waals surface area contributed by atoms with Gasteiger partial charge >= 0.3 is 0 Å². The van der Waals surface area contributed by atoms with Crippen LogP contribution in [0.15, 0.2) is 77.9 Å². The molecule has 2 aliphatic heterocycles. The molecule has 0 bridgehead atoms. The van der Waals surface area contributed by atoms with E-state index in [1.807, 2.05) is 73.7 Å². The molecule has 3 aromatic carbocycles. The number of hydrogen-bond donors (Lipinski definition) is 0. The highest BCUT2D eigenvalue weighted by Gasteiger charge is 2.43. The lowest BCUT2D eigenvalue weighted by atomic mass is 9.95. The van der Waals surface area contributed by atoms with E-state index >= 15 is 0 Å². The SMILES string of the molecule is Cc1ccc(C(=O)[C@H]2Oc3ccc(Cl)cc3[C@@H]3CC(c4ccccc4)=NN23)cc1. The van der Waals surface area contributed by atoms with Crippen LogP contribution in [0.4, 0.5) is 0 Å². The number of carbonyl (C=O) groups excluding carboxylic acids is 1. The molecule has 4 nitrogen and oxygen atoms in total. The predicted octanol–water partition coefficient (Wildman–Crippen LogP) is 5.40. The zero-order valence-corrected chi connectivity index (χ0v) is 16.6. The highest BCUT2D eigenvalue weighted by Crippen LogP contribution is 2.44. The van der Waals surface area contributed by atoms with Gasteiger partial charge in [-0.15, -0.1) is 0 Å². The van der Waals surface area contributed by atoms with Crippen LogP contribution in [0.25, 0.3) is 0 Å². The fourth-order valence-corrected chi connectivity index (χ4v) is 4.08. The van der Waals surface area contributed by atoms with E-state index in [9.17, 15) is 4.79 Å². The van der Waals surface area contributed by atoms with E-state index in [-0.39, 0.29) is 11.8 Å². The van der Waals surface area contributed by atoms with Gasteiger partial charge in [0.1, 0.15) is 5.75 Å². The van der Waals surface area contributed by atoms with Crippen LogP contribution in [0.2, 0.25) is 5.02 Å². The number of rotatable bonds is 3. The summed E-state index contributed by atoms with van der Waals surface area (Å²) in [5.41, 5.74) is 4.66. The molecule has 0 unspecified atom stereocenters. The molecule has 0 spiro atoms. The standard InChI is InChI=1S/C24H19ClN2O2/c1-15-7-9-17(10-8-15)23(28)24-27-21(19-13-18(25)11-12-22(19)29-24)14-20(26-27)16-5-3-2-4-6-16/h2-13,21,24H,14H2,1H3/t21-,24+/m0/s1. The van der Waals surface area contributed by atoms with Crippen molar-refractivity contribution in [3.8, 4) is 5.75 Å². The number of Topliss-reactive ketones (excluding diaryl/α,β-unsaturated/α-hetero) is 1. The molecule has 0 saturated carbocycles. The van der Waals surface area contributed by atoms with Crippen LogP contribution in [0.1, 0.15) is 39.5 Å². The van der Waals surface area contributed by atoms with Gasteiger partial charge < -0.3 is 4.74 Å². The Hall–Kier alpha value is -3.11. The number of halogens is 1. The van der Waals surface area contributed by atoms with Gasteiger partial charge in [-0.3, -0.25) is 4.79 Å². The van der Waals surface area contributed by atoms with E-state index in [2.05, 4.69) is 0 Å². The third kappa shape index (κ3) is 3.19. The van der Waals surface area contributed by atoms with Gasteiger partial charge in [0.25, 0.3) is 6.23 Å². The summed E-state index contributed by atoms with van der Waals surface area (Å²) in [6, 6.07) is 23.0. The molecule has 0 saturated heterocycles. The lowest BCUT2D eigenvalue weighted by Crippen LogP contribution is -2.45. The first-order valence-electron chi connectivity index (χ1n) is 9.58. The van der Waals surface area contributed by atoms with E-state index < -0.39 is 6.23 Å². The van der Waals surface area contributed by atoms with Crippen LogP contribution in [0.3, 0.4) is 0 Å². The summed E-state index contributed by atoms with van der Waals surface area (Å²) < 4.78 is 6.14. The Balaban J connectivity index is 1.57. The fourth-order valence-electron chi connectivity index (χ4n) is 3.90. The average Bonchev–Trinajstić information content (AvgIpc) is 3.20. The molecule has 0 aromatic heterocycles. The largest absolute Gasteiger partial charge is 0.461 e. The Morgan fingerprint density at radius 1 is 1.07 bits per heavy atom. The van der Waals surface area contributed by atoms with Crippen molar-refractivity contribution in [2.45, 2.75) is 25.6 Å². The molecule has 0 radical (unpaired) electrons. The Labute approximate surface area is 174 Å². The van der Waals surface area contributed by atoms with E-state index in [1.165, 1.54) is 0 Å². The zero-order valence-electron chi connectivity index (χ0n) is 15.9. The Morgan fingerprint density at radius 2 is 1.83 bits per heavy atom. The maximum absolute atomic E-state index is 13.3. The van der Waals surface area contributed by atoms with Crippen molar-refractivity contribution in [1.82, 2.24) is 5.01 Å². The Morgan fingerprint density at radius 3 is 2.59 bits per heavy atom. The number of benzene rings is 3. The van der Waals surface area contributed by atoms with E-state index in [0.29, 0.717) is 22.8 Å². The lowest BCUT2D eigenvalue weighted by Gasteiger charge is -2.37. The molecule has 5 rings (SSSR count). The minimum Gasteiger partial charge on any atom is -0.461 e. The molecule has 144 valence electrons. The number of carbonyl (C=O) groups is 1. The molecule has 3 aromatic rings. The van der Waals surface area contributed by atoms with Crippen LogP contribution < -0.4 is 4.74 Å². The molecule has 0 amide bonds. The number of ketones is 1. The summed E-state index contributed by atoms with van der Waals surface area (Å²) in [6.07, 6.45) is -0.115. The van der Waals surface area contributed by atoms with Gasteiger partial charge in [-0.25, -0.2) is 5.01 Å². The second-order valence-corrected chi connectivity index (χ2v) is 7.83. The topological polar surface area (TPSA) is 41.9 Å². The summed E-state index contributed by atoms with van der Waals surface area (Å²) in [5.74, 6) is 0.583. The molecular weight excluding hydrogens is 384 g/mol. The van der Waals surface area contributed by atoms with Crippen molar-refractivity contribution < 1.29 is 9.53 Å². The molecule has 2 aliphatic rings. The first kappa shape index (κ1) is 18.0. The van der Waals surface area contributed by atoms with Gasteiger partial charge in [0.15, 0.2) is 0 Å². The Bertz CT molecular complexity index is 1110. The molecule has 0 aliphatic carbocycles. The maximum atomic E-state index is 13.3.